The van der Waals surface area contributed by atoms with Gasteiger partial charge in [0.2, 0.25) is 0 Å². The first-order chi connectivity index (χ1) is 17.8. The van der Waals surface area contributed by atoms with Crippen molar-refractivity contribution < 1.29 is 9.18 Å². The Kier molecular flexibility index (Phi) is 6.91. The average Bonchev–Trinajstić information content (AvgIpc) is 3.28. The molecule has 0 saturated heterocycles. The van der Waals surface area contributed by atoms with Crippen LogP contribution < -0.4 is 0 Å². The number of hydrogen-bond donors (Lipinski definition) is 1. The predicted octanol–water partition coefficient (Wildman–Crippen LogP) is 7.00. The van der Waals surface area contributed by atoms with Gasteiger partial charge >= 0.3 is 0 Å². The lowest BCUT2D eigenvalue weighted by Gasteiger charge is -2.43. The van der Waals surface area contributed by atoms with E-state index in [0.717, 1.165) is 53.6 Å². The van der Waals surface area contributed by atoms with Gasteiger partial charge in [-0.25, -0.2) is 4.39 Å². The molecule has 5 heteroatoms. The molecule has 2 unspecified atom stereocenters. The molecule has 37 heavy (non-hydrogen) atoms. The number of aromatic amines is 1. The fourth-order valence-corrected chi connectivity index (χ4v) is 6.20. The number of nitrogens with one attached hydrogen (secondary N) is 1. The SMILES string of the molecule is CCC(CCC1c2[nH]c3ccccc3c2CCN1C(=O)c1ccc(C)cc1)(c1cccc(F)c1)N(C)C. The lowest BCUT2D eigenvalue weighted by Crippen LogP contribution is -2.44. The molecule has 2 heterocycles. The van der Waals surface area contributed by atoms with Gasteiger partial charge in [-0.3, -0.25) is 9.69 Å². The summed E-state index contributed by atoms with van der Waals surface area (Å²) in [6.07, 6.45) is 3.21. The number of benzene rings is 3. The molecule has 0 saturated carbocycles. The van der Waals surface area contributed by atoms with Crippen LogP contribution in [0.15, 0.2) is 72.8 Å². The van der Waals surface area contributed by atoms with Crippen LogP contribution in [0.3, 0.4) is 0 Å². The molecule has 192 valence electrons. The Bertz CT molecular complexity index is 1410. The minimum Gasteiger partial charge on any atom is -0.356 e. The van der Waals surface area contributed by atoms with Crippen molar-refractivity contribution in [3.05, 3.63) is 107 Å². The Balaban J connectivity index is 1.55. The molecule has 1 aromatic heterocycles. The molecule has 0 spiro atoms. The van der Waals surface area contributed by atoms with Crippen LogP contribution in [0.2, 0.25) is 0 Å². The number of H-pyrrole nitrogens is 1. The first kappa shape index (κ1) is 25.2. The second-order valence-electron chi connectivity index (χ2n) is 10.5. The number of fused-ring (bicyclic) bond motifs is 3. The zero-order valence-electron chi connectivity index (χ0n) is 22.2. The topological polar surface area (TPSA) is 39.3 Å². The summed E-state index contributed by atoms with van der Waals surface area (Å²) in [5, 5.41) is 1.24. The van der Waals surface area contributed by atoms with E-state index in [2.05, 4.69) is 49.1 Å². The summed E-state index contributed by atoms with van der Waals surface area (Å²) in [6.45, 7) is 4.87. The molecule has 0 aliphatic carbocycles. The van der Waals surface area contributed by atoms with Crippen molar-refractivity contribution in [1.82, 2.24) is 14.8 Å². The van der Waals surface area contributed by atoms with Gasteiger partial charge in [-0.15, -0.1) is 0 Å². The molecule has 1 amide bonds. The molecule has 0 bridgehead atoms. The van der Waals surface area contributed by atoms with Crippen molar-refractivity contribution in [3.63, 3.8) is 0 Å². The first-order valence-corrected chi connectivity index (χ1v) is 13.2. The molecule has 4 nitrogen and oxygen atoms in total. The highest BCUT2D eigenvalue weighted by Gasteiger charge is 2.38. The van der Waals surface area contributed by atoms with Crippen LogP contribution >= 0.6 is 0 Å². The fourth-order valence-electron chi connectivity index (χ4n) is 6.20. The quantitative estimate of drug-likeness (QED) is 0.299. The van der Waals surface area contributed by atoms with Gasteiger partial charge in [0.15, 0.2) is 0 Å². The molecule has 0 radical (unpaired) electrons. The third kappa shape index (κ3) is 4.57. The van der Waals surface area contributed by atoms with Crippen LogP contribution in [-0.4, -0.2) is 41.3 Å². The lowest BCUT2D eigenvalue weighted by atomic mass is 9.79. The summed E-state index contributed by atoms with van der Waals surface area (Å²) < 4.78 is 14.3. The molecule has 1 aliphatic heterocycles. The van der Waals surface area contributed by atoms with E-state index in [0.29, 0.717) is 6.54 Å². The van der Waals surface area contributed by atoms with Crippen molar-refractivity contribution in [2.75, 3.05) is 20.6 Å². The Morgan fingerprint density at radius 1 is 1.08 bits per heavy atom. The van der Waals surface area contributed by atoms with E-state index in [1.807, 2.05) is 48.2 Å². The van der Waals surface area contributed by atoms with Crippen LogP contribution in [0.1, 0.15) is 65.0 Å². The largest absolute Gasteiger partial charge is 0.356 e. The van der Waals surface area contributed by atoms with Gasteiger partial charge in [0, 0.05) is 34.2 Å². The minimum atomic E-state index is -0.343. The molecule has 1 N–H and O–H groups in total. The molecule has 4 aromatic rings. The number of hydrogen-bond acceptors (Lipinski definition) is 2. The Labute approximate surface area is 219 Å². The normalized spacial score (nSPS) is 17.1. The van der Waals surface area contributed by atoms with Crippen molar-refractivity contribution in [1.29, 1.82) is 0 Å². The van der Waals surface area contributed by atoms with Crippen LogP contribution in [0.5, 0.6) is 0 Å². The number of rotatable bonds is 7. The smallest absolute Gasteiger partial charge is 0.254 e. The fraction of sp³-hybridized carbons (Fsp3) is 0.344. The second-order valence-corrected chi connectivity index (χ2v) is 10.5. The average molecular weight is 498 g/mol. The van der Waals surface area contributed by atoms with Gasteiger partial charge in [0.1, 0.15) is 5.82 Å². The predicted molar refractivity (Wildman–Crippen MR) is 148 cm³/mol. The first-order valence-electron chi connectivity index (χ1n) is 13.2. The molecule has 3 aromatic carbocycles. The van der Waals surface area contributed by atoms with Crippen molar-refractivity contribution in [2.24, 2.45) is 0 Å². The summed E-state index contributed by atoms with van der Waals surface area (Å²) in [7, 11) is 4.14. The monoisotopic (exact) mass is 497 g/mol. The van der Waals surface area contributed by atoms with E-state index < -0.39 is 0 Å². The Morgan fingerprint density at radius 3 is 2.54 bits per heavy atom. The third-order valence-corrected chi connectivity index (χ3v) is 8.35. The molecular weight excluding hydrogens is 461 g/mol. The summed E-state index contributed by atoms with van der Waals surface area (Å²) in [6, 6.07) is 23.1. The number of amides is 1. The van der Waals surface area contributed by atoms with E-state index >= 15 is 0 Å². The summed E-state index contributed by atoms with van der Waals surface area (Å²) >= 11 is 0. The van der Waals surface area contributed by atoms with E-state index in [4.69, 9.17) is 0 Å². The maximum absolute atomic E-state index is 14.3. The molecule has 0 fully saturated rings. The third-order valence-electron chi connectivity index (χ3n) is 8.35. The number of halogens is 1. The standard InChI is InChI=1S/C32H36FN3O/c1-5-32(35(3)4,24-9-8-10-25(33)21-24)19-17-29-30-27(26-11-6-7-12-28(26)34-30)18-20-36(29)31(37)23-15-13-22(2)14-16-23/h6-16,21,29,34H,5,17-20H2,1-4H3. The lowest BCUT2D eigenvalue weighted by molar-refractivity contribution is 0.0592. The molecule has 5 rings (SSSR count). The highest BCUT2D eigenvalue weighted by atomic mass is 19.1. The van der Waals surface area contributed by atoms with Gasteiger partial charge in [-0.1, -0.05) is 55.0 Å². The van der Waals surface area contributed by atoms with Crippen molar-refractivity contribution >= 4 is 16.8 Å². The maximum atomic E-state index is 14.3. The van der Waals surface area contributed by atoms with Crippen LogP contribution in [0.25, 0.3) is 10.9 Å². The van der Waals surface area contributed by atoms with E-state index in [1.54, 1.807) is 12.1 Å². The Hall–Kier alpha value is -3.44. The minimum absolute atomic E-state index is 0.0620. The second kappa shape index (κ2) is 10.1. The van der Waals surface area contributed by atoms with Gasteiger partial charge in [0.25, 0.3) is 5.91 Å². The molecule has 1 aliphatic rings. The van der Waals surface area contributed by atoms with E-state index in [9.17, 15) is 9.18 Å². The number of aryl methyl sites for hydroxylation is 1. The summed E-state index contributed by atoms with van der Waals surface area (Å²) in [5.74, 6) is -0.157. The Morgan fingerprint density at radius 2 is 1.84 bits per heavy atom. The van der Waals surface area contributed by atoms with Gasteiger partial charge < -0.3 is 9.88 Å². The van der Waals surface area contributed by atoms with E-state index in [-0.39, 0.29) is 23.3 Å². The summed E-state index contributed by atoms with van der Waals surface area (Å²) in [4.78, 5) is 21.8. The van der Waals surface area contributed by atoms with Crippen LogP contribution in [0.4, 0.5) is 4.39 Å². The number of aromatic nitrogens is 1. The zero-order valence-corrected chi connectivity index (χ0v) is 22.2. The van der Waals surface area contributed by atoms with E-state index in [1.165, 1.54) is 17.0 Å². The summed E-state index contributed by atoms with van der Waals surface area (Å²) in [5.41, 5.74) is 6.05. The van der Waals surface area contributed by atoms with Crippen LogP contribution in [0, 0.1) is 12.7 Å². The number of nitrogens with zero attached hydrogens (tertiary/aromatic N) is 2. The number of carbonyl (C=O) groups excluding carboxylic acids is 1. The van der Waals surface area contributed by atoms with Gasteiger partial charge in [0.05, 0.1) is 6.04 Å². The molecule has 2 atom stereocenters. The van der Waals surface area contributed by atoms with Crippen molar-refractivity contribution in [2.45, 2.75) is 51.1 Å². The van der Waals surface area contributed by atoms with Gasteiger partial charge in [-0.05, 0) is 88.2 Å². The highest BCUT2D eigenvalue weighted by molar-refractivity contribution is 5.95. The van der Waals surface area contributed by atoms with Gasteiger partial charge in [-0.2, -0.15) is 0 Å². The highest BCUT2D eigenvalue weighted by Crippen LogP contribution is 2.42. The maximum Gasteiger partial charge on any atom is 0.254 e. The number of carbonyl (C=O) groups is 1. The number of para-hydroxylation sites is 1. The van der Waals surface area contributed by atoms with Crippen molar-refractivity contribution in [3.8, 4) is 0 Å². The zero-order chi connectivity index (χ0) is 26.2. The molecular formula is C32H36FN3O. The van der Waals surface area contributed by atoms with Crippen LogP contribution in [-0.2, 0) is 12.0 Å².